The highest BCUT2D eigenvalue weighted by atomic mass is 35.5. The summed E-state index contributed by atoms with van der Waals surface area (Å²) in [5, 5.41) is 0.611. The summed E-state index contributed by atoms with van der Waals surface area (Å²) < 4.78 is 29.6. The molecule has 0 bridgehead atoms. The molecule has 122 valence electrons. The van der Waals surface area contributed by atoms with Crippen LogP contribution in [0.1, 0.15) is 22.8 Å². The number of ketones is 1. The maximum Gasteiger partial charge on any atom is 0.159 e. The zero-order valence-corrected chi connectivity index (χ0v) is 14.3. The van der Waals surface area contributed by atoms with Gasteiger partial charge in [0.15, 0.2) is 5.78 Å². The van der Waals surface area contributed by atoms with Gasteiger partial charge in [-0.15, -0.1) is 0 Å². The third kappa shape index (κ3) is 4.68. The molecule has 0 aromatic heterocycles. The Morgan fingerprint density at radius 3 is 2.70 bits per heavy atom. The maximum atomic E-state index is 11.5. The zero-order chi connectivity index (χ0) is 17.0. The van der Waals surface area contributed by atoms with Gasteiger partial charge in [-0.1, -0.05) is 29.3 Å². The first-order chi connectivity index (χ1) is 10.9. The number of carbonyl (C=O) groups is 1. The average molecular weight is 373 g/mol. The summed E-state index contributed by atoms with van der Waals surface area (Å²) in [6, 6.07) is 9.55. The van der Waals surface area contributed by atoms with E-state index in [4.69, 9.17) is 27.9 Å². The molecule has 0 aliphatic rings. The van der Waals surface area contributed by atoms with E-state index in [1.54, 1.807) is 24.3 Å². The molecule has 0 fully saturated rings. The molecule has 8 heteroatoms. The normalized spacial score (nSPS) is 11.8. The number of hydrogen-bond donors (Lipinski definition) is 1. The summed E-state index contributed by atoms with van der Waals surface area (Å²) in [6.07, 6.45) is 0. The topological polar surface area (TPSA) is 78.5 Å². The standard InChI is InChI=1S/C15H13Cl2NO4S/c1-9(19)10-5-6-13(18-23(20)21)11(7-10)8-22-14-4-2-3-12(16)15(14)17/h2-7,18H,8H2,1H3,(H,20,21)/p-1. The van der Waals surface area contributed by atoms with Gasteiger partial charge in [0.05, 0.1) is 10.7 Å². The van der Waals surface area contributed by atoms with Crippen molar-refractivity contribution in [2.75, 3.05) is 4.72 Å². The summed E-state index contributed by atoms with van der Waals surface area (Å²) in [4.78, 5) is 11.5. The smallest absolute Gasteiger partial charge is 0.159 e. The Morgan fingerprint density at radius 1 is 1.30 bits per heavy atom. The van der Waals surface area contributed by atoms with Crippen molar-refractivity contribution in [1.82, 2.24) is 0 Å². The van der Waals surface area contributed by atoms with E-state index in [1.807, 2.05) is 0 Å². The van der Waals surface area contributed by atoms with Crippen LogP contribution >= 0.6 is 23.2 Å². The highest BCUT2D eigenvalue weighted by molar-refractivity contribution is 7.80. The van der Waals surface area contributed by atoms with Gasteiger partial charge in [-0.2, -0.15) is 0 Å². The summed E-state index contributed by atoms with van der Waals surface area (Å²) in [5.41, 5.74) is 1.27. The second-order valence-corrected chi connectivity index (χ2v) is 6.06. The molecule has 23 heavy (non-hydrogen) atoms. The number of anilines is 1. The van der Waals surface area contributed by atoms with E-state index in [-0.39, 0.29) is 17.4 Å². The Labute approximate surface area is 146 Å². The number of ether oxygens (including phenoxy) is 1. The molecule has 2 aromatic carbocycles. The van der Waals surface area contributed by atoms with E-state index in [0.717, 1.165) is 0 Å². The van der Waals surface area contributed by atoms with Crippen molar-refractivity contribution in [3.63, 3.8) is 0 Å². The summed E-state index contributed by atoms with van der Waals surface area (Å²) in [6.45, 7) is 1.44. The first-order valence-electron chi connectivity index (χ1n) is 6.45. The molecule has 2 rings (SSSR count). The van der Waals surface area contributed by atoms with Crippen molar-refractivity contribution >= 4 is 45.9 Å². The van der Waals surface area contributed by atoms with Gasteiger partial charge >= 0.3 is 0 Å². The summed E-state index contributed by atoms with van der Waals surface area (Å²) >= 11 is 9.46. The minimum absolute atomic E-state index is 0.0146. The van der Waals surface area contributed by atoms with Gasteiger partial charge in [0.1, 0.15) is 17.4 Å². The predicted octanol–water partition coefficient (Wildman–Crippen LogP) is 3.98. The van der Waals surface area contributed by atoms with Crippen molar-refractivity contribution in [2.24, 2.45) is 0 Å². The van der Waals surface area contributed by atoms with Gasteiger partial charge in [0.25, 0.3) is 0 Å². The summed E-state index contributed by atoms with van der Waals surface area (Å²) in [5.74, 6) is 0.225. The van der Waals surface area contributed by atoms with Crippen molar-refractivity contribution in [1.29, 1.82) is 0 Å². The molecule has 0 heterocycles. The van der Waals surface area contributed by atoms with E-state index in [2.05, 4.69) is 4.72 Å². The first-order valence-corrected chi connectivity index (χ1v) is 8.28. The number of nitrogens with one attached hydrogen (secondary N) is 1. The Bertz CT molecular complexity index is 767. The molecule has 0 aliphatic carbocycles. The van der Waals surface area contributed by atoms with Gasteiger partial charge in [-0.05, 0) is 37.3 Å². The van der Waals surface area contributed by atoms with Crippen LogP contribution in [-0.2, 0) is 17.9 Å². The number of Topliss-reactive ketones (excluding diaryl/α,β-unsaturated/α-hetero) is 1. The second-order valence-electron chi connectivity index (χ2n) is 4.61. The monoisotopic (exact) mass is 372 g/mol. The lowest BCUT2D eigenvalue weighted by Gasteiger charge is -2.16. The maximum absolute atomic E-state index is 11.5. The van der Waals surface area contributed by atoms with Crippen LogP contribution in [0, 0.1) is 0 Å². The lowest BCUT2D eigenvalue weighted by molar-refractivity contribution is 0.101. The SMILES string of the molecule is CC(=O)c1ccc(NS(=O)[O-])c(COc2cccc(Cl)c2Cl)c1. The molecule has 0 radical (unpaired) electrons. The molecular formula is C15H12Cl2NO4S-. The summed E-state index contributed by atoms with van der Waals surface area (Å²) in [7, 11) is 0. The van der Waals surface area contributed by atoms with Crippen LogP contribution in [0.2, 0.25) is 10.0 Å². The molecule has 1 atom stereocenters. The van der Waals surface area contributed by atoms with E-state index in [1.165, 1.54) is 19.1 Å². The third-order valence-corrected chi connectivity index (χ3v) is 4.19. The quantitative estimate of drug-likeness (QED) is 0.614. The molecular weight excluding hydrogens is 361 g/mol. The van der Waals surface area contributed by atoms with Gasteiger partial charge < -0.3 is 14.0 Å². The molecule has 0 aliphatic heterocycles. The predicted molar refractivity (Wildman–Crippen MR) is 89.8 cm³/mol. The number of carbonyl (C=O) groups excluding carboxylic acids is 1. The van der Waals surface area contributed by atoms with Gasteiger partial charge in [-0.3, -0.25) is 9.00 Å². The van der Waals surface area contributed by atoms with Crippen LogP contribution in [-0.4, -0.2) is 14.5 Å². The largest absolute Gasteiger partial charge is 0.755 e. The lowest BCUT2D eigenvalue weighted by atomic mass is 10.1. The Hall–Kier alpha value is -1.60. The second kappa shape index (κ2) is 7.79. The molecule has 0 spiro atoms. The molecule has 2 aromatic rings. The van der Waals surface area contributed by atoms with Crippen molar-refractivity contribution in [3.8, 4) is 5.75 Å². The fourth-order valence-corrected chi connectivity index (χ4v) is 2.60. The highest BCUT2D eigenvalue weighted by Gasteiger charge is 2.10. The first kappa shape index (κ1) is 17.7. The molecule has 1 unspecified atom stereocenters. The lowest BCUT2D eigenvalue weighted by Crippen LogP contribution is -2.08. The van der Waals surface area contributed by atoms with Crippen LogP contribution in [0.3, 0.4) is 0 Å². The molecule has 0 saturated heterocycles. The molecule has 1 N–H and O–H groups in total. The van der Waals surface area contributed by atoms with Gasteiger partial charge in [0.2, 0.25) is 0 Å². The van der Waals surface area contributed by atoms with E-state index < -0.39 is 11.3 Å². The van der Waals surface area contributed by atoms with E-state index in [9.17, 15) is 13.6 Å². The number of rotatable bonds is 6. The van der Waals surface area contributed by atoms with Crippen molar-refractivity contribution in [2.45, 2.75) is 13.5 Å². The van der Waals surface area contributed by atoms with Crippen LogP contribution in [0.25, 0.3) is 0 Å². The highest BCUT2D eigenvalue weighted by Crippen LogP contribution is 2.32. The average Bonchev–Trinajstić information content (AvgIpc) is 2.49. The van der Waals surface area contributed by atoms with Crippen LogP contribution in [0.15, 0.2) is 36.4 Å². The Morgan fingerprint density at radius 2 is 2.04 bits per heavy atom. The van der Waals surface area contributed by atoms with Crippen LogP contribution in [0.5, 0.6) is 5.75 Å². The molecule has 0 amide bonds. The Balaban J connectivity index is 2.29. The fourth-order valence-electron chi connectivity index (χ4n) is 1.87. The van der Waals surface area contributed by atoms with Gasteiger partial charge in [-0.25, -0.2) is 0 Å². The molecule has 0 saturated carbocycles. The minimum Gasteiger partial charge on any atom is -0.755 e. The van der Waals surface area contributed by atoms with Crippen molar-refractivity contribution < 1.29 is 18.3 Å². The van der Waals surface area contributed by atoms with Gasteiger partial charge in [0, 0.05) is 22.4 Å². The van der Waals surface area contributed by atoms with Crippen molar-refractivity contribution in [3.05, 3.63) is 57.6 Å². The van der Waals surface area contributed by atoms with Crippen LogP contribution < -0.4 is 9.46 Å². The fraction of sp³-hybridized carbons (Fsp3) is 0.133. The third-order valence-electron chi connectivity index (χ3n) is 3.00. The van der Waals surface area contributed by atoms with E-state index >= 15 is 0 Å². The zero-order valence-electron chi connectivity index (χ0n) is 12.0. The number of halogens is 2. The number of benzene rings is 2. The minimum atomic E-state index is -2.49. The number of hydrogen-bond acceptors (Lipinski definition) is 4. The Kier molecular flexibility index (Phi) is 6.01. The van der Waals surface area contributed by atoms with E-state index in [0.29, 0.717) is 27.6 Å². The van der Waals surface area contributed by atoms with Crippen LogP contribution in [0.4, 0.5) is 5.69 Å². The molecule has 5 nitrogen and oxygen atoms in total.